The van der Waals surface area contributed by atoms with Crippen molar-refractivity contribution in [3.8, 4) is 67.0 Å². The molecule has 69 heavy (non-hydrogen) atoms. The Balaban J connectivity index is 1.18. The van der Waals surface area contributed by atoms with Gasteiger partial charge in [0.25, 0.3) is 0 Å². The number of aromatic nitrogens is 2. The lowest BCUT2D eigenvalue weighted by Crippen LogP contribution is -2.22. The number of benzene rings is 7. The van der Waals surface area contributed by atoms with Gasteiger partial charge in [-0.05, 0) is 163 Å². The average molecular weight is 918 g/mol. The smallest absolute Gasteiger partial charge is 0.0702 e. The monoisotopic (exact) mass is 916 g/mol. The number of halogens is 1. The first-order chi connectivity index (χ1) is 33.4. The molecule has 1 saturated carbocycles. The quantitative estimate of drug-likeness (QED) is 0.144. The summed E-state index contributed by atoms with van der Waals surface area (Å²) in [6, 6.07) is 71.4. The van der Waals surface area contributed by atoms with Crippen molar-refractivity contribution in [3.63, 3.8) is 0 Å². The van der Waals surface area contributed by atoms with Crippen molar-refractivity contribution in [1.29, 1.82) is 0 Å². The lowest BCUT2D eigenvalue weighted by atomic mass is 9.66. The Labute approximate surface area is 415 Å². The van der Waals surface area contributed by atoms with Crippen molar-refractivity contribution in [3.05, 3.63) is 239 Å². The second kappa shape index (κ2) is 19.3. The van der Waals surface area contributed by atoms with E-state index in [4.69, 9.17) is 21.6 Å². The van der Waals surface area contributed by atoms with E-state index in [0.29, 0.717) is 0 Å². The molecular weight excluding hydrogens is 856 g/mol. The number of hydrogen-bond acceptors (Lipinski definition) is 2. The minimum atomic E-state index is -0.0461. The fourth-order valence-electron chi connectivity index (χ4n) is 10.8. The Morgan fingerprint density at radius 1 is 0.348 bits per heavy atom. The van der Waals surface area contributed by atoms with Crippen molar-refractivity contribution in [2.75, 3.05) is 0 Å². The van der Waals surface area contributed by atoms with Crippen LogP contribution in [0.25, 0.3) is 67.0 Å². The lowest BCUT2D eigenvalue weighted by Gasteiger charge is -2.38. The predicted molar refractivity (Wildman–Crippen MR) is 292 cm³/mol. The zero-order valence-electron chi connectivity index (χ0n) is 40.8. The second-order valence-corrected chi connectivity index (χ2v) is 21.5. The molecule has 2 heterocycles. The minimum absolute atomic E-state index is 0.0461. The summed E-state index contributed by atoms with van der Waals surface area (Å²) in [6.07, 6.45) is 6.76. The number of pyridine rings is 2. The maximum atomic E-state index is 7.24. The molecule has 2 aromatic heterocycles. The fraction of sp³-hybridized carbons (Fsp3) is 0.212. The summed E-state index contributed by atoms with van der Waals surface area (Å²) in [4.78, 5) is 9.56. The normalized spacial score (nSPS) is 16.3. The standard InChI is InChI=1S/C66H61ClN2/c1-65(2,3)51-29-33-53(60(42-51)56-31-27-46(63-25-15-17-35-68-63)40-58(56)44-19-9-7-10-20-44)48-37-49(39-50(38-48)55-23-13-14-24-62(55)67)54-34-30-52(66(4,5)6)43-61(54)57-32-28-47(64-26-16-18-36-69-64)41-59(57)45-21-11-8-12-22-45/h7-36,40-43,48-50H,37-39H2,1-6H3. The predicted octanol–water partition coefficient (Wildman–Crippen LogP) is 18.6. The van der Waals surface area contributed by atoms with Gasteiger partial charge in [0.05, 0.1) is 11.4 Å². The molecule has 0 saturated heterocycles. The number of nitrogens with zero attached hydrogens (tertiary/aromatic N) is 2. The van der Waals surface area contributed by atoms with Gasteiger partial charge in [-0.1, -0.05) is 205 Å². The molecule has 9 aromatic rings. The van der Waals surface area contributed by atoms with Gasteiger partial charge in [0, 0.05) is 28.5 Å². The third kappa shape index (κ3) is 9.74. The summed E-state index contributed by atoms with van der Waals surface area (Å²) < 4.78 is 0. The zero-order valence-corrected chi connectivity index (χ0v) is 41.5. The topological polar surface area (TPSA) is 25.8 Å². The molecule has 0 spiro atoms. The first kappa shape index (κ1) is 45.9. The molecular formula is C66H61ClN2. The highest BCUT2D eigenvalue weighted by atomic mass is 35.5. The maximum Gasteiger partial charge on any atom is 0.0702 e. The van der Waals surface area contributed by atoms with Crippen molar-refractivity contribution >= 4 is 11.6 Å². The van der Waals surface area contributed by atoms with Crippen LogP contribution in [0.1, 0.15) is 106 Å². The van der Waals surface area contributed by atoms with E-state index >= 15 is 0 Å². The Morgan fingerprint density at radius 2 is 0.754 bits per heavy atom. The van der Waals surface area contributed by atoms with Crippen molar-refractivity contribution in [1.82, 2.24) is 9.97 Å². The van der Waals surface area contributed by atoms with E-state index in [2.05, 4.69) is 224 Å². The van der Waals surface area contributed by atoms with Gasteiger partial charge in [-0.2, -0.15) is 0 Å². The van der Waals surface area contributed by atoms with Gasteiger partial charge in [-0.3, -0.25) is 9.97 Å². The largest absolute Gasteiger partial charge is 0.256 e. The third-order valence-electron chi connectivity index (χ3n) is 14.5. The average Bonchev–Trinajstić information content (AvgIpc) is 3.38. The van der Waals surface area contributed by atoms with E-state index in [1.807, 2.05) is 24.5 Å². The van der Waals surface area contributed by atoms with E-state index in [1.54, 1.807) is 0 Å². The molecule has 10 rings (SSSR count). The molecule has 2 atom stereocenters. The minimum Gasteiger partial charge on any atom is -0.256 e. The summed E-state index contributed by atoms with van der Waals surface area (Å²) in [5, 5.41) is 0.849. The van der Waals surface area contributed by atoms with Crippen LogP contribution in [0.4, 0.5) is 0 Å². The second-order valence-electron chi connectivity index (χ2n) is 21.1. The molecule has 0 radical (unpaired) electrons. The summed E-state index contributed by atoms with van der Waals surface area (Å²) in [6.45, 7) is 14.0. The van der Waals surface area contributed by atoms with Crippen LogP contribution in [-0.4, -0.2) is 9.97 Å². The van der Waals surface area contributed by atoms with Gasteiger partial charge < -0.3 is 0 Å². The lowest BCUT2D eigenvalue weighted by molar-refractivity contribution is 0.352. The molecule has 1 fully saturated rings. The van der Waals surface area contributed by atoms with Crippen LogP contribution in [0.5, 0.6) is 0 Å². The molecule has 2 unspecified atom stereocenters. The Bertz CT molecular complexity index is 3020. The van der Waals surface area contributed by atoms with Crippen LogP contribution in [0.15, 0.2) is 207 Å². The molecule has 0 N–H and O–H groups in total. The fourth-order valence-corrected chi connectivity index (χ4v) is 11.1. The third-order valence-corrected chi connectivity index (χ3v) is 14.8. The van der Waals surface area contributed by atoms with Gasteiger partial charge in [0.15, 0.2) is 0 Å². The zero-order chi connectivity index (χ0) is 47.7. The van der Waals surface area contributed by atoms with E-state index in [9.17, 15) is 0 Å². The molecule has 3 heteroatoms. The molecule has 0 amide bonds. The highest BCUT2D eigenvalue weighted by molar-refractivity contribution is 6.31. The summed E-state index contributed by atoms with van der Waals surface area (Å²) in [5.41, 5.74) is 20.7. The molecule has 2 nitrogen and oxygen atoms in total. The Morgan fingerprint density at radius 3 is 1.16 bits per heavy atom. The van der Waals surface area contributed by atoms with Gasteiger partial charge >= 0.3 is 0 Å². The summed E-state index contributed by atoms with van der Waals surface area (Å²) in [5.74, 6) is 0.722. The first-order valence-corrected chi connectivity index (χ1v) is 25.0. The van der Waals surface area contributed by atoms with Crippen LogP contribution in [-0.2, 0) is 10.8 Å². The highest BCUT2D eigenvalue weighted by Gasteiger charge is 2.36. The van der Waals surface area contributed by atoms with Crippen molar-refractivity contribution < 1.29 is 0 Å². The van der Waals surface area contributed by atoms with Crippen LogP contribution in [0, 0.1) is 0 Å². The molecule has 1 aliphatic rings. The first-order valence-electron chi connectivity index (χ1n) is 24.6. The maximum absolute atomic E-state index is 7.24. The highest BCUT2D eigenvalue weighted by Crippen LogP contribution is 2.54. The van der Waals surface area contributed by atoms with Crippen LogP contribution >= 0.6 is 11.6 Å². The Hall–Kier alpha value is -6.87. The summed E-state index contributed by atoms with van der Waals surface area (Å²) >= 11 is 7.24. The number of hydrogen-bond donors (Lipinski definition) is 0. The Kier molecular flexibility index (Phi) is 12.8. The van der Waals surface area contributed by atoms with E-state index in [-0.39, 0.29) is 28.6 Å². The molecule has 342 valence electrons. The molecule has 0 bridgehead atoms. The van der Waals surface area contributed by atoms with Crippen LogP contribution in [0.2, 0.25) is 5.02 Å². The van der Waals surface area contributed by atoms with Gasteiger partial charge in [0.1, 0.15) is 0 Å². The molecule has 1 aliphatic carbocycles. The van der Waals surface area contributed by atoms with E-state index in [0.717, 1.165) is 46.8 Å². The van der Waals surface area contributed by atoms with Gasteiger partial charge in [-0.25, -0.2) is 0 Å². The van der Waals surface area contributed by atoms with Crippen LogP contribution < -0.4 is 0 Å². The van der Waals surface area contributed by atoms with Crippen molar-refractivity contribution in [2.45, 2.75) is 89.4 Å². The van der Waals surface area contributed by atoms with Crippen LogP contribution in [0.3, 0.4) is 0 Å². The van der Waals surface area contributed by atoms with E-state index in [1.165, 1.54) is 72.3 Å². The van der Waals surface area contributed by atoms with E-state index < -0.39 is 0 Å². The molecule has 0 aliphatic heterocycles. The van der Waals surface area contributed by atoms with Gasteiger partial charge in [-0.15, -0.1) is 0 Å². The SMILES string of the molecule is CC(C)(C)c1ccc(C2CC(c3ccccc3Cl)CC(c3ccc(C(C)(C)C)cc3-c3ccc(-c4ccccn4)cc3-c3ccccc3)C2)c(-c2ccc(-c3ccccn3)cc2-c2ccccc2)c1. The summed E-state index contributed by atoms with van der Waals surface area (Å²) in [7, 11) is 0. The van der Waals surface area contributed by atoms with Gasteiger partial charge in [0.2, 0.25) is 0 Å². The van der Waals surface area contributed by atoms with Crippen molar-refractivity contribution in [2.24, 2.45) is 0 Å². The number of rotatable bonds is 9. The molecule has 7 aromatic carbocycles.